The van der Waals surface area contributed by atoms with E-state index in [1.54, 1.807) is 6.92 Å². The molecule has 0 saturated heterocycles. The number of amides is 2. The minimum absolute atomic E-state index is 0.0383. The van der Waals surface area contributed by atoms with Crippen molar-refractivity contribution in [2.75, 3.05) is 5.32 Å². The first-order valence-corrected chi connectivity index (χ1v) is 9.22. The highest BCUT2D eigenvalue weighted by atomic mass is 32.1. The van der Waals surface area contributed by atoms with Crippen molar-refractivity contribution in [2.24, 2.45) is 5.92 Å². The van der Waals surface area contributed by atoms with Crippen LogP contribution in [0.25, 0.3) is 0 Å². The van der Waals surface area contributed by atoms with Crippen LogP contribution in [-0.2, 0) is 22.4 Å². The van der Waals surface area contributed by atoms with Gasteiger partial charge in [-0.3, -0.25) is 14.4 Å². The molecule has 0 aromatic carbocycles. The van der Waals surface area contributed by atoms with Gasteiger partial charge in [-0.2, -0.15) is 0 Å². The third-order valence-electron chi connectivity index (χ3n) is 4.37. The Bertz CT molecular complexity index is 678. The predicted octanol–water partition coefficient (Wildman–Crippen LogP) is 2.57. The van der Waals surface area contributed by atoms with Crippen molar-refractivity contribution in [1.29, 1.82) is 0 Å². The van der Waals surface area contributed by atoms with Gasteiger partial charge < -0.3 is 15.7 Å². The Labute approximate surface area is 144 Å². The molecule has 7 heteroatoms. The molecule has 2 amide bonds. The number of thiophene rings is 1. The Morgan fingerprint density at radius 1 is 1.25 bits per heavy atom. The highest BCUT2D eigenvalue weighted by Crippen LogP contribution is 2.39. The molecule has 130 valence electrons. The van der Waals surface area contributed by atoms with Crippen LogP contribution >= 0.6 is 11.3 Å². The van der Waals surface area contributed by atoms with E-state index in [0.29, 0.717) is 10.6 Å². The summed E-state index contributed by atoms with van der Waals surface area (Å²) in [7, 11) is 0. The van der Waals surface area contributed by atoms with Crippen LogP contribution in [0, 0.1) is 5.92 Å². The van der Waals surface area contributed by atoms with Crippen molar-refractivity contribution < 1.29 is 19.5 Å². The van der Waals surface area contributed by atoms with Gasteiger partial charge in [0.05, 0.1) is 5.56 Å². The lowest BCUT2D eigenvalue weighted by Gasteiger charge is -2.11. The summed E-state index contributed by atoms with van der Waals surface area (Å²) in [5.74, 6) is -1.47. The van der Waals surface area contributed by atoms with Crippen LogP contribution in [0.5, 0.6) is 0 Å². The van der Waals surface area contributed by atoms with E-state index >= 15 is 0 Å². The first-order valence-electron chi connectivity index (χ1n) is 8.41. The Balaban J connectivity index is 1.71. The molecule has 1 aromatic heterocycles. The fourth-order valence-corrected chi connectivity index (χ4v) is 4.39. The number of rotatable bonds is 7. The minimum Gasteiger partial charge on any atom is -0.481 e. The van der Waals surface area contributed by atoms with Gasteiger partial charge in [0, 0.05) is 23.8 Å². The predicted molar refractivity (Wildman–Crippen MR) is 91.5 cm³/mol. The summed E-state index contributed by atoms with van der Waals surface area (Å²) in [6.45, 7) is 1.74. The van der Waals surface area contributed by atoms with Gasteiger partial charge in [0.1, 0.15) is 5.00 Å². The topological polar surface area (TPSA) is 95.5 Å². The van der Waals surface area contributed by atoms with Crippen LogP contribution in [0.4, 0.5) is 5.00 Å². The molecule has 0 unspecified atom stereocenters. The number of aryl methyl sites for hydroxylation is 1. The summed E-state index contributed by atoms with van der Waals surface area (Å²) < 4.78 is 0. The molecule has 0 aliphatic heterocycles. The third kappa shape index (κ3) is 3.95. The number of carbonyl (C=O) groups is 3. The number of hydrogen-bond donors (Lipinski definition) is 3. The summed E-state index contributed by atoms with van der Waals surface area (Å²) in [6.07, 6.45) is 5.02. The number of carbonyl (C=O) groups excluding carboxylic acids is 2. The summed E-state index contributed by atoms with van der Waals surface area (Å²) in [5, 5.41) is 15.3. The van der Waals surface area contributed by atoms with E-state index < -0.39 is 5.97 Å². The average Bonchev–Trinajstić information content (AvgIpc) is 3.04. The summed E-state index contributed by atoms with van der Waals surface area (Å²) in [4.78, 5) is 36.7. The zero-order valence-corrected chi connectivity index (χ0v) is 14.5. The molecule has 2 aliphatic rings. The molecule has 3 rings (SSSR count). The zero-order chi connectivity index (χ0) is 17.3. The molecule has 0 bridgehead atoms. The van der Waals surface area contributed by atoms with Crippen LogP contribution in [0.3, 0.4) is 0 Å². The average molecular weight is 350 g/mol. The second-order valence-electron chi connectivity index (χ2n) is 6.76. The molecule has 6 nitrogen and oxygen atoms in total. The van der Waals surface area contributed by atoms with Crippen LogP contribution in [0.15, 0.2) is 0 Å². The monoisotopic (exact) mass is 350 g/mol. The fourth-order valence-electron chi connectivity index (χ4n) is 3.08. The minimum atomic E-state index is -0.907. The summed E-state index contributed by atoms with van der Waals surface area (Å²) in [6, 6.07) is 0.272. The number of anilines is 1. The molecular formula is C17H22N2O4S. The summed E-state index contributed by atoms with van der Waals surface area (Å²) >= 11 is 1.48. The smallest absolute Gasteiger partial charge is 0.303 e. The Morgan fingerprint density at radius 3 is 2.67 bits per heavy atom. The molecule has 0 spiro atoms. The number of fused-ring (bicyclic) bond motifs is 1. The molecular weight excluding hydrogens is 328 g/mol. The third-order valence-corrected chi connectivity index (χ3v) is 5.58. The lowest BCUT2D eigenvalue weighted by Crippen LogP contribution is -2.27. The zero-order valence-electron chi connectivity index (χ0n) is 13.7. The summed E-state index contributed by atoms with van der Waals surface area (Å²) in [5.41, 5.74) is 1.70. The maximum Gasteiger partial charge on any atom is 0.303 e. The maximum absolute atomic E-state index is 12.6. The largest absolute Gasteiger partial charge is 0.481 e. The van der Waals surface area contributed by atoms with Crippen LogP contribution in [0.1, 0.15) is 59.8 Å². The SMILES string of the molecule is C[C@H](CC(=O)O)CC(=O)Nc1sc2c(c1C(=O)NC1CC1)CCC2. The number of carboxylic acid groups (broad SMARTS) is 1. The van der Waals surface area contributed by atoms with Gasteiger partial charge >= 0.3 is 5.97 Å². The van der Waals surface area contributed by atoms with Crippen LogP contribution in [-0.4, -0.2) is 28.9 Å². The maximum atomic E-state index is 12.6. The number of aliphatic carboxylic acids is 1. The first kappa shape index (κ1) is 17.0. The molecule has 24 heavy (non-hydrogen) atoms. The first-order chi connectivity index (χ1) is 11.4. The fraction of sp³-hybridized carbons (Fsp3) is 0.588. The van der Waals surface area contributed by atoms with E-state index in [9.17, 15) is 14.4 Å². The van der Waals surface area contributed by atoms with Crippen molar-refractivity contribution in [1.82, 2.24) is 5.32 Å². The highest BCUT2D eigenvalue weighted by molar-refractivity contribution is 7.17. The second-order valence-corrected chi connectivity index (χ2v) is 7.87. The van der Waals surface area contributed by atoms with Crippen LogP contribution < -0.4 is 10.6 Å². The van der Waals surface area contributed by atoms with E-state index in [1.165, 1.54) is 16.2 Å². The Morgan fingerprint density at radius 2 is 2.00 bits per heavy atom. The molecule has 1 atom stereocenters. The molecule has 1 fully saturated rings. The number of carboxylic acids is 1. The van der Waals surface area contributed by atoms with Crippen molar-refractivity contribution in [3.05, 3.63) is 16.0 Å². The lowest BCUT2D eigenvalue weighted by molar-refractivity contribution is -0.138. The van der Waals surface area contributed by atoms with E-state index in [-0.39, 0.29) is 36.6 Å². The van der Waals surface area contributed by atoms with Gasteiger partial charge in [-0.25, -0.2) is 0 Å². The second kappa shape index (κ2) is 6.93. The molecule has 1 saturated carbocycles. The normalized spacial score (nSPS) is 17.2. The van der Waals surface area contributed by atoms with Crippen molar-refractivity contribution >= 4 is 34.1 Å². The van der Waals surface area contributed by atoms with E-state index in [0.717, 1.165) is 37.7 Å². The van der Waals surface area contributed by atoms with Crippen molar-refractivity contribution in [2.45, 2.75) is 57.9 Å². The van der Waals surface area contributed by atoms with Crippen molar-refractivity contribution in [3.63, 3.8) is 0 Å². The molecule has 3 N–H and O–H groups in total. The van der Waals surface area contributed by atoms with E-state index in [2.05, 4.69) is 10.6 Å². The Hall–Kier alpha value is -1.89. The quantitative estimate of drug-likeness (QED) is 0.704. The molecule has 2 aliphatic carbocycles. The van der Waals surface area contributed by atoms with Gasteiger partial charge in [-0.1, -0.05) is 6.92 Å². The van der Waals surface area contributed by atoms with Gasteiger partial charge in [0.15, 0.2) is 0 Å². The Kier molecular flexibility index (Phi) is 4.89. The van der Waals surface area contributed by atoms with E-state index in [4.69, 9.17) is 5.11 Å². The number of nitrogens with one attached hydrogen (secondary N) is 2. The van der Waals surface area contributed by atoms with Gasteiger partial charge in [0.2, 0.25) is 5.91 Å². The number of hydrogen-bond acceptors (Lipinski definition) is 4. The van der Waals surface area contributed by atoms with Gasteiger partial charge in [-0.15, -0.1) is 11.3 Å². The lowest BCUT2D eigenvalue weighted by atomic mass is 10.0. The molecule has 1 heterocycles. The molecule has 1 aromatic rings. The van der Waals surface area contributed by atoms with E-state index in [1.807, 2.05) is 0 Å². The molecule has 0 radical (unpaired) electrons. The van der Waals surface area contributed by atoms with Gasteiger partial charge in [0.25, 0.3) is 5.91 Å². The van der Waals surface area contributed by atoms with Gasteiger partial charge in [-0.05, 0) is 43.6 Å². The van der Waals surface area contributed by atoms with Crippen LogP contribution in [0.2, 0.25) is 0 Å². The standard InChI is InChI=1S/C17H22N2O4S/c1-9(8-14(21)22)7-13(20)19-17-15(16(23)18-10-5-6-10)11-3-2-4-12(11)24-17/h9-10H,2-8H2,1H3,(H,18,23)(H,19,20)(H,21,22)/t9-/m0/s1. The van der Waals surface area contributed by atoms with Crippen molar-refractivity contribution in [3.8, 4) is 0 Å². The highest BCUT2D eigenvalue weighted by Gasteiger charge is 2.31.